The molecule has 2 aromatic carbocycles. The molecule has 1 aromatic heterocycles. The molecule has 0 fully saturated rings. The van der Waals surface area contributed by atoms with Crippen molar-refractivity contribution in [3.63, 3.8) is 0 Å². The molecule has 0 bridgehead atoms. The Balaban J connectivity index is 1.70. The zero-order valence-electron chi connectivity index (χ0n) is 17.4. The normalized spacial score (nSPS) is 10.8. The number of hydrogen-bond donors (Lipinski definition) is 1. The minimum Gasteiger partial charge on any atom is -0.302 e. The summed E-state index contributed by atoms with van der Waals surface area (Å²) in [5, 5.41) is 3.39. The van der Waals surface area contributed by atoms with Crippen LogP contribution in [0.4, 0.5) is 9.52 Å². The Hall–Kier alpha value is -2.86. The highest BCUT2D eigenvalue weighted by molar-refractivity contribution is 7.16. The van der Waals surface area contributed by atoms with Crippen LogP contribution in [0.15, 0.2) is 42.5 Å². The van der Waals surface area contributed by atoms with Crippen molar-refractivity contribution < 1.29 is 14.0 Å². The van der Waals surface area contributed by atoms with Gasteiger partial charge in [0.05, 0.1) is 5.69 Å². The minimum atomic E-state index is -0.393. The topological polar surface area (TPSA) is 59.1 Å². The number of rotatable bonds is 8. The third-order valence-corrected chi connectivity index (χ3v) is 5.84. The van der Waals surface area contributed by atoms with Crippen molar-refractivity contribution in [3.8, 4) is 11.3 Å². The lowest BCUT2D eigenvalue weighted by molar-refractivity contribution is -0.116. The molecule has 0 spiro atoms. The van der Waals surface area contributed by atoms with Crippen molar-refractivity contribution in [2.24, 2.45) is 0 Å². The quantitative estimate of drug-likeness (QED) is 0.443. The summed E-state index contributed by atoms with van der Waals surface area (Å²) in [7, 11) is 0. The maximum atomic E-state index is 13.0. The number of hydrogen-bond acceptors (Lipinski definition) is 4. The summed E-state index contributed by atoms with van der Waals surface area (Å²) >= 11 is 1.48. The van der Waals surface area contributed by atoms with Gasteiger partial charge in [0, 0.05) is 28.8 Å². The molecule has 0 unspecified atom stereocenters. The molecule has 0 radical (unpaired) electrons. The molecule has 0 aliphatic rings. The fourth-order valence-electron chi connectivity index (χ4n) is 3.19. The van der Waals surface area contributed by atoms with Gasteiger partial charge < -0.3 is 5.32 Å². The average Bonchev–Trinajstić information content (AvgIpc) is 3.10. The van der Waals surface area contributed by atoms with Crippen LogP contribution >= 0.6 is 11.3 Å². The summed E-state index contributed by atoms with van der Waals surface area (Å²) in [6, 6.07) is 11.6. The van der Waals surface area contributed by atoms with Crippen molar-refractivity contribution in [1.82, 2.24) is 4.98 Å². The molecule has 3 rings (SSSR count). The van der Waals surface area contributed by atoms with Gasteiger partial charge in [-0.1, -0.05) is 31.0 Å². The minimum absolute atomic E-state index is 0.0533. The molecule has 1 N–H and O–H groups in total. The van der Waals surface area contributed by atoms with E-state index in [0.29, 0.717) is 10.7 Å². The van der Waals surface area contributed by atoms with E-state index in [0.717, 1.165) is 40.1 Å². The Labute approximate surface area is 180 Å². The number of benzene rings is 2. The summed E-state index contributed by atoms with van der Waals surface area (Å²) < 4.78 is 13.0. The molecule has 0 saturated heterocycles. The summed E-state index contributed by atoms with van der Waals surface area (Å²) in [6.07, 6.45) is 1.99. The van der Waals surface area contributed by atoms with Crippen molar-refractivity contribution in [1.29, 1.82) is 0 Å². The third kappa shape index (κ3) is 5.39. The first-order valence-corrected chi connectivity index (χ1v) is 10.8. The van der Waals surface area contributed by atoms with Crippen molar-refractivity contribution >= 4 is 28.2 Å². The number of Topliss-reactive ketones (excluding diaryl/α,β-unsaturated/α-hetero) is 1. The van der Waals surface area contributed by atoms with Gasteiger partial charge in [-0.2, -0.15) is 0 Å². The van der Waals surface area contributed by atoms with Gasteiger partial charge in [0.15, 0.2) is 10.9 Å². The molecule has 6 heteroatoms. The Morgan fingerprint density at radius 2 is 1.80 bits per heavy atom. The Morgan fingerprint density at radius 1 is 1.07 bits per heavy atom. The van der Waals surface area contributed by atoms with Crippen LogP contribution in [0.25, 0.3) is 11.3 Å². The summed E-state index contributed by atoms with van der Waals surface area (Å²) in [4.78, 5) is 30.4. The number of carbonyl (C=O) groups is 2. The smallest absolute Gasteiger partial charge is 0.226 e. The highest BCUT2D eigenvalue weighted by Gasteiger charge is 2.17. The number of carbonyl (C=O) groups excluding carboxylic acids is 2. The molecular formula is C24H25FN2O2S. The van der Waals surface area contributed by atoms with Crippen LogP contribution in [-0.2, 0) is 11.2 Å². The van der Waals surface area contributed by atoms with Gasteiger partial charge in [-0.3, -0.25) is 9.59 Å². The Kier molecular flexibility index (Phi) is 7.11. The molecule has 1 heterocycles. The van der Waals surface area contributed by atoms with E-state index in [4.69, 9.17) is 4.98 Å². The van der Waals surface area contributed by atoms with Crippen molar-refractivity contribution in [3.05, 3.63) is 69.8 Å². The number of nitrogens with one attached hydrogen (secondary N) is 1. The van der Waals surface area contributed by atoms with Gasteiger partial charge >= 0.3 is 0 Å². The van der Waals surface area contributed by atoms with Crippen molar-refractivity contribution in [2.45, 2.75) is 46.5 Å². The van der Waals surface area contributed by atoms with E-state index in [1.165, 1.54) is 35.6 Å². The maximum absolute atomic E-state index is 13.0. The fraction of sp³-hybridized carbons (Fsp3) is 0.292. The highest BCUT2D eigenvalue weighted by Crippen LogP contribution is 2.34. The second-order valence-electron chi connectivity index (χ2n) is 7.34. The van der Waals surface area contributed by atoms with E-state index in [-0.39, 0.29) is 24.5 Å². The van der Waals surface area contributed by atoms with Gasteiger partial charge in [0.1, 0.15) is 5.82 Å². The molecule has 0 aliphatic carbocycles. The summed E-state index contributed by atoms with van der Waals surface area (Å²) in [6.45, 7) is 6.23. The molecule has 0 saturated carbocycles. The molecule has 156 valence electrons. The zero-order chi connectivity index (χ0) is 21.7. The number of thiazole rings is 1. The van der Waals surface area contributed by atoms with E-state index >= 15 is 0 Å². The number of anilines is 1. The number of amides is 1. The molecular weight excluding hydrogens is 399 g/mol. The Morgan fingerprint density at radius 3 is 2.50 bits per heavy atom. The third-order valence-electron chi connectivity index (χ3n) is 4.81. The predicted molar refractivity (Wildman–Crippen MR) is 120 cm³/mol. The van der Waals surface area contributed by atoms with E-state index in [2.05, 4.69) is 44.3 Å². The van der Waals surface area contributed by atoms with Gasteiger partial charge in [-0.25, -0.2) is 9.37 Å². The average molecular weight is 425 g/mol. The zero-order valence-corrected chi connectivity index (χ0v) is 18.2. The first-order chi connectivity index (χ1) is 14.4. The standard InChI is InChI=1S/C24H25FN2O2S/c1-4-5-21-23(19-14-15(2)6-7-16(19)3)27-24(30-21)26-22(29)13-12-20(28)17-8-10-18(25)11-9-17/h6-11,14H,4-5,12-13H2,1-3H3,(H,26,27,29). The van der Waals surface area contributed by atoms with Crippen LogP contribution in [0.2, 0.25) is 0 Å². The number of aromatic nitrogens is 1. The van der Waals surface area contributed by atoms with E-state index < -0.39 is 5.82 Å². The largest absolute Gasteiger partial charge is 0.302 e. The summed E-state index contributed by atoms with van der Waals surface area (Å²) in [5.41, 5.74) is 4.71. The predicted octanol–water partition coefficient (Wildman–Crippen LogP) is 6.12. The van der Waals surface area contributed by atoms with Crippen LogP contribution in [0.1, 0.15) is 52.5 Å². The molecule has 3 aromatic rings. The highest BCUT2D eigenvalue weighted by atomic mass is 32.1. The lowest BCUT2D eigenvalue weighted by Gasteiger charge is -2.06. The second-order valence-corrected chi connectivity index (χ2v) is 8.42. The van der Waals surface area contributed by atoms with Crippen LogP contribution in [0.3, 0.4) is 0 Å². The van der Waals surface area contributed by atoms with E-state index in [1.54, 1.807) is 0 Å². The Bertz CT molecular complexity index is 1060. The maximum Gasteiger partial charge on any atom is 0.226 e. The first-order valence-electron chi connectivity index (χ1n) is 10.0. The number of ketones is 1. The molecule has 30 heavy (non-hydrogen) atoms. The second kappa shape index (κ2) is 9.76. The summed E-state index contributed by atoms with van der Waals surface area (Å²) in [5.74, 6) is -0.836. The van der Waals surface area contributed by atoms with Crippen LogP contribution in [0.5, 0.6) is 0 Å². The van der Waals surface area contributed by atoms with Gasteiger partial charge in [0.25, 0.3) is 0 Å². The lowest BCUT2D eigenvalue weighted by Crippen LogP contribution is -2.13. The monoisotopic (exact) mass is 424 g/mol. The van der Waals surface area contributed by atoms with Gasteiger partial charge in [-0.05, 0) is 56.2 Å². The number of nitrogens with zero attached hydrogens (tertiary/aromatic N) is 1. The van der Waals surface area contributed by atoms with E-state index in [9.17, 15) is 14.0 Å². The molecule has 1 amide bonds. The van der Waals surface area contributed by atoms with Crippen LogP contribution < -0.4 is 5.32 Å². The van der Waals surface area contributed by atoms with Crippen LogP contribution in [-0.4, -0.2) is 16.7 Å². The van der Waals surface area contributed by atoms with Crippen LogP contribution in [0, 0.1) is 19.7 Å². The van der Waals surface area contributed by atoms with Gasteiger partial charge in [-0.15, -0.1) is 11.3 Å². The molecule has 4 nitrogen and oxygen atoms in total. The number of halogens is 1. The molecule has 0 atom stereocenters. The molecule has 0 aliphatic heterocycles. The first kappa shape index (κ1) is 21.8. The van der Waals surface area contributed by atoms with E-state index in [1.807, 2.05) is 0 Å². The van der Waals surface area contributed by atoms with Crippen molar-refractivity contribution in [2.75, 3.05) is 5.32 Å². The lowest BCUT2D eigenvalue weighted by atomic mass is 10.0. The fourth-order valence-corrected chi connectivity index (χ4v) is 4.29. The SMILES string of the molecule is CCCc1sc(NC(=O)CCC(=O)c2ccc(F)cc2)nc1-c1cc(C)ccc1C. The number of aryl methyl sites for hydroxylation is 3. The van der Waals surface area contributed by atoms with Gasteiger partial charge in [0.2, 0.25) is 5.91 Å².